The molecule has 2 aliphatic heterocycles. The Kier molecular flexibility index (Phi) is 6.20. The van der Waals surface area contributed by atoms with Gasteiger partial charge in [-0.2, -0.15) is 18.2 Å². The van der Waals surface area contributed by atoms with Gasteiger partial charge in [-0.1, -0.05) is 12.1 Å². The van der Waals surface area contributed by atoms with Gasteiger partial charge in [0.25, 0.3) is 0 Å². The first-order valence-corrected chi connectivity index (χ1v) is 13.2. The van der Waals surface area contributed by atoms with E-state index in [1.165, 1.54) is 16.6 Å². The summed E-state index contributed by atoms with van der Waals surface area (Å²) in [4.78, 5) is 4.66. The lowest BCUT2D eigenvalue weighted by Crippen LogP contribution is -2.41. The van der Waals surface area contributed by atoms with Crippen LogP contribution in [0.4, 0.5) is 19.1 Å². The van der Waals surface area contributed by atoms with Crippen LogP contribution in [0.2, 0.25) is 0 Å². The van der Waals surface area contributed by atoms with Gasteiger partial charge in [0, 0.05) is 49.9 Å². The fourth-order valence-corrected chi connectivity index (χ4v) is 5.58. The van der Waals surface area contributed by atoms with Gasteiger partial charge in [0.05, 0.1) is 11.8 Å². The lowest BCUT2D eigenvalue weighted by molar-refractivity contribution is -0.137. The Bertz CT molecular complexity index is 1330. The number of fused-ring (bicyclic) bond motifs is 1. The van der Waals surface area contributed by atoms with E-state index in [9.17, 15) is 21.6 Å². The first-order valence-electron chi connectivity index (χ1n) is 11.3. The van der Waals surface area contributed by atoms with Crippen LogP contribution in [0, 0.1) is 0 Å². The van der Waals surface area contributed by atoms with E-state index in [1.807, 2.05) is 6.07 Å². The van der Waals surface area contributed by atoms with Crippen LogP contribution in [-0.4, -0.2) is 65.8 Å². The second-order valence-corrected chi connectivity index (χ2v) is 11.0. The quantitative estimate of drug-likeness (QED) is 0.486. The van der Waals surface area contributed by atoms with Crippen molar-refractivity contribution in [2.24, 2.45) is 0 Å². The largest absolute Gasteiger partial charge is 0.416 e. The van der Waals surface area contributed by atoms with Crippen molar-refractivity contribution in [3.63, 3.8) is 0 Å². The molecule has 35 heavy (non-hydrogen) atoms. The first-order chi connectivity index (χ1) is 16.6. The maximum atomic E-state index is 13.5. The van der Waals surface area contributed by atoms with Crippen molar-refractivity contribution in [2.75, 3.05) is 37.8 Å². The molecule has 0 radical (unpaired) electrons. The summed E-state index contributed by atoms with van der Waals surface area (Å²) >= 11 is 0. The van der Waals surface area contributed by atoms with Gasteiger partial charge in [0.2, 0.25) is 16.0 Å². The van der Waals surface area contributed by atoms with Crippen molar-refractivity contribution in [2.45, 2.75) is 31.0 Å². The number of piperidine rings is 1. The molecule has 1 aromatic carbocycles. The molecule has 0 saturated carbocycles. The molecule has 0 aliphatic carbocycles. The SMILES string of the molecule is CS(=O)(=O)N1CCC(Nc2nc3c(-c4cccc(C(F)(F)F)c4)c(C4CNNC4)ccn3n2)CC1. The summed E-state index contributed by atoms with van der Waals surface area (Å²) in [5.74, 6) is 0.411. The molecule has 5 rings (SSSR count). The monoisotopic (exact) mass is 509 g/mol. The Morgan fingerprint density at radius 1 is 1.11 bits per heavy atom. The van der Waals surface area contributed by atoms with Crippen LogP contribution in [-0.2, 0) is 16.2 Å². The minimum atomic E-state index is -4.46. The molecule has 0 unspecified atom stereocenters. The number of hydrogen-bond donors (Lipinski definition) is 3. The number of sulfonamides is 1. The second-order valence-electron chi connectivity index (χ2n) is 8.97. The molecule has 0 amide bonds. The van der Waals surface area contributed by atoms with E-state index in [-0.39, 0.29) is 12.0 Å². The van der Waals surface area contributed by atoms with Crippen molar-refractivity contribution >= 4 is 21.6 Å². The van der Waals surface area contributed by atoms with Crippen molar-refractivity contribution in [1.29, 1.82) is 0 Å². The van der Waals surface area contributed by atoms with Gasteiger partial charge in [0.1, 0.15) is 0 Å². The lowest BCUT2D eigenvalue weighted by Gasteiger charge is -2.30. The second kappa shape index (κ2) is 9.04. The Balaban J connectivity index is 1.51. The Labute approximate surface area is 200 Å². The number of anilines is 1. The fourth-order valence-electron chi connectivity index (χ4n) is 4.71. The maximum absolute atomic E-state index is 13.5. The predicted octanol–water partition coefficient (Wildman–Crippen LogP) is 2.44. The number of rotatable bonds is 5. The van der Waals surface area contributed by atoms with Gasteiger partial charge >= 0.3 is 6.18 Å². The van der Waals surface area contributed by atoms with Crippen LogP contribution in [0.25, 0.3) is 16.8 Å². The van der Waals surface area contributed by atoms with Crippen LogP contribution in [0.5, 0.6) is 0 Å². The highest BCUT2D eigenvalue weighted by Crippen LogP contribution is 2.37. The summed E-state index contributed by atoms with van der Waals surface area (Å²) < 4.78 is 66.9. The van der Waals surface area contributed by atoms with E-state index in [0.717, 1.165) is 17.7 Å². The number of hydrazine groups is 1. The van der Waals surface area contributed by atoms with E-state index in [2.05, 4.69) is 26.3 Å². The van der Waals surface area contributed by atoms with Crippen molar-refractivity contribution in [1.82, 2.24) is 29.8 Å². The average molecular weight is 510 g/mol. The molecule has 2 fully saturated rings. The van der Waals surface area contributed by atoms with E-state index in [1.54, 1.807) is 16.8 Å². The van der Waals surface area contributed by atoms with Gasteiger partial charge in [-0.25, -0.2) is 17.2 Å². The maximum Gasteiger partial charge on any atom is 0.416 e. The van der Waals surface area contributed by atoms with Gasteiger partial charge in [-0.15, -0.1) is 5.10 Å². The highest BCUT2D eigenvalue weighted by Gasteiger charge is 2.32. The van der Waals surface area contributed by atoms with Gasteiger partial charge in [0.15, 0.2) is 5.65 Å². The highest BCUT2D eigenvalue weighted by molar-refractivity contribution is 7.88. The molecular weight excluding hydrogens is 483 g/mol. The molecule has 2 saturated heterocycles. The number of halogens is 3. The normalized spacial score (nSPS) is 19.0. The number of pyridine rings is 1. The van der Waals surface area contributed by atoms with Crippen LogP contribution in [0.3, 0.4) is 0 Å². The fraction of sp³-hybridized carbons (Fsp3) is 0.455. The van der Waals surface area contributed by atoms with E-state index >= 15 is 0 Å². The summed E-state index contributed by atoms with van der Waals surface area (Å²) in [6, 6.07) is 7.14. The van der Waals surface area contributed by atoms with E-state index < -0.39 is 21.8 Å². The third-order valence-corrected chi connectivity index (χ3v) is 7.84. The van der Waals surface area contributed by atoms with Crippen molar-refractivity contribution in [3.05, 3.63) is 47.7 Å². The van der Waals surface area contributed by atoms with Crippen LogP contribution < -0.4 is 16.2 Å². The van der Waals surface area contributed by atoms with E-state index in [4.69, 9.17) is 0 Å². The van der Waals surface area contributed by atoms with Crippen molar-refractivity contribution < 1.29 is 21.6 Å². The molecule has 3 N–H and O–H groups in total. The molecule has 0 atom stereocenters. The summed E-state index contributed by atoms with van der Waals surface area (Å²) in [5, 5.41) is 7.79. The van der Waals surface area contributed by atoms with Gasteiger partial charge in [-0.3, -0.25) is 10.9 Å². The topological polar surface area (TPSA) is 104 Å². The molecule has 0 bridgehead atoms. The Morgan fingerprint density at radius 3 is 2.49 bits per heavy atom. The average Bonchev–Trinajstić information content (AvgIpc) is 3.47. The van der Waals surface area contributed by atoms with Gasteiger partial charge < -0.3 is 5.32 Å². The summed E-state index contributed by atoms with van der Waals surface area (Å²) in [6.07, 6.45) is -0.280. The number of hydrogen-bond acceptors (Lipinski definition) is 7. The standard InChI is InChI=1S/C22H26F3N7O2S/c1-35(33,34)31-8-5-17(6-9-31)28-21-29-20-19(14-3-2-4-16(11-14)22(23,24)25)18(7-10-32(20)30-21)15-12-26-27-13-15/h2-4,7,10-11,15,17,26-27H,5-6,8-9,12-13H2,1H3,(H,28,30). The molecule has 4 heterocycles. The summed E-state index contributed by atoms with van der Waals surface area (Å²) in [7, 11) is -3.23. The van der Waals surface area contributed by atoms with Gasteiger partial charge in [-0.05, 0) is 42.2 Å². The van der Waals surface area contributed by atoms with Crippen LogP contribution in [0.1, 0.15) is 29.9 Å². The molecular formula is C22H26F3N7O2S. The zero-order valence-electron chi connectivity index (χ0n) is 19.0. The molecule has 2 aliphatic rings. The Morgan fingerprint density at radius 2 is 1.83 bits per heavy atom. The first kappa shape index (κ1) is 24.0. The summed E-state index contributed by atoms with van der Waals surface area (Å²) in [5.41, 5.74) is 7.81. The molecule has 2 aromatic heterocycles. The third-order valence-electron chi connectivity index (χ3n) is 6.54. The number of alkyl halides is 3. The molecule has 9 nitrogen and oxygen atoms in total. The molecule has 3 aromatic rings. The van der Waals surface area contributed by atoms with Crippen molar-refractivity contribution in [3.8, 4) is 11.1 Å². The minimum Gasteiger partial charge on any atom is -0.350 e. The smallest absolute Gasteiger partial charge is 0.350 e. The molecule has 0 spiro atoms. The highest BCUT2D eigenvalue weighted by atomic mass is 32.2. The molecule has 13 heteroatoms. The van der Waals surface area contributed by atoms with Crippen LogP contribution >= 0.6 is 0 Å². The molecule has 188 valence electrons. The number of nitrogens with zero attached hydrogens (tertiary/aromatic N) is 4. The lowest BCUT2D eigenvalue weighted by atomic mass is 9.91. The zero-order valence-corrected chi connectivity index (χ0v) is 19.8. The number of nitrogens with one attached hydrogen (secondary N) is 3. The predicted molar refractivity (Wildman–Crippen MR) is 125 cm³/mol. The zero-order chi connectivity index (χ0) is 24.8. The van der Waals surface area contributed by atoms with Crippen LogP contribution in [0.15, 0.2) is 36.5 Å². The summed E-state index contributed by atoms with van der Waals surface area (Å²) in [6.45, 7) is 2.09. The minimum absolute atomic E-state index is 0.00915. The number of aromatic nitrogens is 3. The van der Waals surface area contributed by atoms with E-state index in [0.29, 0.717) is 61.7 Å². The third kappa shape index (κ3) is 4.99. The Hall–Kier alpha value is -2.74. The number of benzene rings is 1.